The van der Waals surface area contributed by atoms with E-state index in [1.165, 1.54) is 6.33 Å². The molecule has 7 heteroatoms. The number of aryl methyl sites for hydroxylation is 1. The molecule has 3 aromatic rings. The Labute approximate surface area is 137 Å². The fourth-order valence-corrected chi connectivity index (χ4v) is 3.32. The SMILES string of the molecule is CCCc1cc(NCCS(=O)c2ccccc2)n2ncnc2n1. The van der Waals surface area contributed by atoms with E-state index in [0.29, 0.717) is 18.1 Å². The average Bonchev–Trinajstić information content (AvgIpc) is 3.04. The van der Waals surface area contributed by atoms with Gasteiger partial charge in [0.1, 0.15) is 12.1 Å². The second kappa shape index (κ2) is 7.32. The molecule has 0 amide bonds. The van der Waals surface area contributed by atoms with Crippen molar-refractivity contribution in [2.45, 2.75) is 24.7 Å². The van der Waals surface area contributed by atoms with Crippen molar-refractivity contribution in [1.82, 2.24) is 19.6 Å². The van der Waals surface area contributed by atoms with E-state index in [1.807, 2.05) is 36.4 Å². The number of hydrogen-bond donors (Lipinski definition) is 1. The Kier molecular flexibility index (Phi) is 4.97. The van der Waals surface area contributed by atoms with Crippen LogP contribution in [-0.4, -0.2) is 36.1 Å². The number of benzene rings is 1. The molecule has 1 atom stereocenters. The van der Waals surface area contributed by atoms with E-state index in [4.69, 9.17) is 0 Å². The molecule has 0 saturated heterocycles. The summed E-state index contributed by atoms with van der Waals surface area (Å²) in [6.45, 7) is 2.71. The molecule has 1 unspecified atom stereocenters. The van der Waals surface area contributed by atoms with Crippen LogP contribution in [0.2, 0.25) is 0 Å². The fraction of sp³-hybridized carbons (Fsp3) is 0.312. The topological polar surface area (TPSA) is 72.2 Å². The molecule has 0 bridgehead atoms. The maximum absolute atomic E-state index is 12.2. The fourth-order valence-electron chi connectivity index (χ4n) is 2.33. The molecule has 0 aliphatic rings. The quantitative estimate of drug-likeness (QED) is 0.720. The first-order chi connectivity index (χ1) is 11.3. The molecule has 6 nitrogen and oxygen atoms in total. The first-order valence-electron chi connectivity index (χ1n) is 7.65. The lowest BCUT2D eigenvalue weighted by Gasteiger charge is -2.09. The monoisotopic (exact) mass is 329 g/mol. The van der Waals surface area contributed by atoms with Crippen LogP contribution in [0.3, 0.4) is 0 Å². The Morgan fingerprint density at radius 3 is 2.87 bits per heavy atom. The Balaban J connectivity index is 1.69. The summed E-state index contributed by atoms with van der Waals surface area (Å²) in [6.07, 6.45) is 3.41. The summed E-state index contributed by atoms with van der Waals surface area (Å²) in [5.74, 6) is 1.95. The van der Waals surface area contributed by atoms with Crippen LogP contribution in [0.4, 0.5) is 5.82 Å². The van der Waals surface area contributed by atoms with Crippen molar-refractivity contribution in [2.24, 2.45) is 0 Å². The summed E-state index contributed by atoms with van der Waals surface area (Å²) in [7, 11) is -1.01. The number of anilines is 1. The van der Waals surface area contributed by atoms with Crippen molar-refractivity contribution >= 4 is 22.4 Å². The number of rotatable bonds is 7. The Morgan fingerprint density at radius 2 is 2.09 bits per heavy atom. The van der Waals surface area contributed by atoms with Gasteiger partial charge in [0.2, 0.25) is 0 Å². The van der Waals surface area contributed by atoms with Gasteiger partial charge in [0, 0.05) is 29.0 Å². The summed E-state index contributed by atoms with van der Waals surface area (Å²) >= 11 is 0. The standard InChI is InChI=1S/C16H19N5OS/c1-2-6-13-11-15(21-16(20-13)18-12-19-21)17-9-10-23(22)14-7-4-3-5-8-14/h3-5,7-8,11-12,17H,2,6,9-10H2,1H3. The molecule has 1 aromatic carbocycles. The lowest BCUT2D eigenvalue weighted by Crippen LogP contribution is -2.14. The van der Waals surface area contributed by atoms with Gasteiger partial charge in [-0.05, 0) is 18.6 Å². The molecule has 0 aliphatic carbocycles. The summed E-state index contributed by atoms with van der Waals surface area (Å²) < 4.78 is 13.9. The molecular formula is C16H19N5OS. The van der Waals surface area contributed by atoms with Gasteiger partial charge >= 0.3 is 0 Å². The van der Waals surface area contributed by atoms with Gasteiger partial charge in [0.15, 0.2) is 0 Å². The predicted molar refractivity (Wildman–Crippen MR) is 91.0 cm³/mol. The van der Waals surface area contributed by atoms with Gasteiger partial charge in [-0.25, -0.2) is 4.98 Å². The minimum Gasteiger partial charge on any atom is -0.369 e. The number of nitrogens with zero attached hydrogens (tertiary/aromatic N) is 4. The summed E-state index contributed by atoms with van der Waals surface area (Å²) in [4.78, 5) is 9.47. The molecule has 0 radical (unpaired) electrons. The highest BCUT2D eigenvalue weighted by Gasteiger charge is 2.08. The second-order valence-corrected chi connectivity index (χ2v) is 6.71. The number of nitrogens with one attached hydrogen (secondary N) is 1. The third kappa shape index (κ3) is 3.73. The third-order valence-corrected chi connectivity index (χ3v) is 4.78. The molecule has 2 heterocycles. The van der Waals surface area contributed by atoms with Crippen molar-refractivity contribution in [3.63, 3.8) is 0 Å². The number of fused-ring (bicyclic) bond motifs is 1. The van der Waals surface area contributed by atoms with Crippen molar-refractivity contribution in [2.75, 3.05) is 17.6 Å². The summed E-state index contributed by atoms with van der Waals surface area (Å²) in [6, 6.07) is 11.5. The minimum atomic E-state index is -1.01. The van der Waals surface area contributed by atoms with E-state index in [-0.39, 0.29) is 0 Å². The van der Waals surface area contributed by atoms with Crippen molar-refractivity contribution in [3.8, 4) is 0 Å². The first-order valence-corrected chi connectivity index (χ1v) is 8.97. The van der Waals surface area contributed by atoms with Gasteiger partial charge < -0.3 is 5.32 Å². The minimum absolute atomic E-state index is 0.533. The van der Waals surface area contributed by atoms with Crippen LogP contribution in [-0.2, 0) is 17.2 Å². The van der Waals surface area contributed by atoms with E-state index in [2.05, 4.69) is 27.3 Å². The Morgan fingerprint density at radius 1 is 1.26 bits per heavy atom. The smallest absolute Gasteiger partial charge is 0.254 e. The molecule has 23 heavy (non-hydrogen) atoms. The predicted octanol–water partition coefficient (Wildman–Crippen LogP) is 2.30. The third-order valence-electron chi connectivity index (χ3n) is 3.41. The van der Waals surface area contributed by atoms with E-state index < -0.39 is 10.8 Å². The molecule has 0 saturated carbocycles. The summed E-state index contributed by atoms with van der Waals surface area (Å²) in [5, 5.41) is 7.48. The highest BCUT2D eigenvalue weighted by atomic mass is 32.2. The molecule has 1 N–H and O–H groups in total. The first kappa shape index (κ1) is 15.6. The van der Waals surface area contributed by atoms with Gasteiger partial charge in [0.25, 0.3) is 5.78 Å². The van der Waals surface area contributed by atoms with Crippen LogP contribution >= 0.6 is 0 Å². The maximum Gasteiger partial charge on any atom is 0.254 e. The molecule has 0 fully saturated rings. The van der Waals surface area contributed by atoms with Gasteiger partial charge in [-0.2, -0.15) is 14.6 Å². The molecule has 120 valence electrons. The van der Waals surface area contributed by atoms with Crippen LogP contribution < -0.4 is 5.32 Å². The number of hydrogen-bond acceptors (Lipinski definition) is 5. The highest BCUT2D eigenvalue weighted by molar-refractivity contribution is 7.85. The van der Waals surface area contributed by atoms with Gasteiger partial charge in [-0.15, -0.1) is 0 Å². The average molecular weight is 329 g/mol. The molecule has 0 spiro atoms. The Bertz CT molecular complexity index is 803. The second-order valence-electron chi connectivity index (χ2n) is 5.14. The summed E-state index contributed by atoms with van der Waals surface area (Å²) in [5.41, 5.74) is 0.986. The Hall–Kier alpha value is -2.28. The highest BCUT2D eigenvalue weighted by Crippen LogP contribution is 2.12. The van der Waals surface area contributed by atoms with E-state index >= 15 is 0 Å². The van der Waals surface area contributed by atoms with Crippen LogP contribution in [0.5, 0.6) is 0 Å². The van der Waals surface area contributed by atoms with E-state index in [1.54, 1.807) is 4.52 Å². The van der Waals surface area contributed by atoms with Crippen molar-refractivity contribution < 1.29 is 4.21 Å². The zero-order valence-corrected chi connectivity index (χ0v) is 13.8. The van der Waals surface area contributed by atoms with Crippen molar-refractivity contribution in [3.05, 3.63) is 48.4 Å². The molecular weight excluding hydrogens is 310 g/mol. The van der Waals surface area contributed by atoms with Gasteiger partial charge in [-0.3, -0.25) is 4.21 Å². The van der Waals surface area contributed by atoms with Crippen LogP contribution in [0.15, 0.2) is 47.6 Å². The van der Waals surface area contributed by atoms with E-state index in [9.17, 15) is 4.21 Å². The zero-order valence-electron chi connectivity index (χ0n) is 13.0. The zero-order chi connectivity index (χ0) is 16.1. The molecule has 0 aliphatic heterocycles. The maximum atomic E-state index is 12.2. The van der Waals surface area contributed by atoms with Crippen LogP contribution in [0.1, 0.15) is 19.0 Å². The lowest BCUT2D eigenvalue weighted by molar-refractivity contribution is 0.683. The number of aromatic nitrogens is 4. The largest absolute Gasteiger partial charge is 0.369 e. The van der Waals surface area contributed by atoms with E-state index in [0.717, 1.165) is 29.2 Å². The van der Waals surface area contributed by atoms with Crippen LogP contribution in [0.25, 0.3) is 5.78 Å². The normalized spacial score (nSPS) is 12.4. The lowest BCUT2D eigenvalue weighted by atomic mass is 10.2. The van der Waals surface area contributed by atoms with Gasteiger partial charge in [-0.1, -0.05) is 31.5 Å². The van der Waals surface area contributed by atoms with Gasteiger partial charge in [0.05, 0.1) is 10.8 Å². The van der Waals surface area contributed by atoms with Crippen molar-refractivity contribution in [1.29, 1.82) is 0 Å². The molecule has 2 aromatic heterocycles. The van der Waals surface area contributed by atoms with Crippen LogP contribution in [0, 0.1) is 0 Å². The molecule has 3 rings (SSSR count).